The van der Waals surface area contributed by atoms with Gasteiger partial charge in [0.15, 0.2) is 6.10 Å². The van der Waals surface area contributed by atoms with E-state index in [9.17, 15) is 19.8 Å². The number of carbonyl (C=O) groups excluding carboxylic acids is 2. The van der Waals surface area contributed by atoms with Crippen LogP contribution in [0.15, 0.2) is 18.2 Å². The quantitative estimate of drug-likeness (QED) is 0.572. The Morgan fingerprint density at radius 3 is 2.41 bits per heavy atom. The SMILES string of the molecule is Cc1ccc2c(c1)[C@@H](O)C[C@@H](C(=O)NC13CCC(NC(=O)C4CC(C)C4)(CC1)[C@@H](O)C3)O2. The molecule has 1 aliphatic heterocycles. The predicted molar refractivity (Wildman–Crippen MR) is 118 cm³/mol. The molecule has 0 unspecified atom stereocenters. The fourth-order valence-electron chi connectivity index (χ4n) is 6.19. The van der Waals surface area contributed by atoms with Crippen LogP contribution in [0, 0.1) is 18.8 Å². The summed E-state index contributed by atoms with van der Waals surface area (Å²) in [5.74, 6) is 1.04. The van der Waals surface area contributed by atoms with Crippen molar-refractivity contribution >= 4 is 11.8 Å². The van der Waals surface area contributed by atoms with Gasteiger partial charge in [0.25, 0.3) is 5.91 Å². The smallest absolute Gasteiger partial charge is 0.261 e. The molecule has 0 saturated heterocycles. The molecule has 4 saturated carbocycles. The number of nitrogens with one attached hydrogen (secondary N) is 2. The van der Waals surface area contributed by atoms with Gasteiger partial charge >= 0.3 is 0 Å². The average Bonchev–Trinajstić information content (AvgIpc) is 2.73. The van der Waals surface area contributed by atoms with E-state index in [1.54, 1.807) is 6.07 Å². The number of aryl methyl sites for hydroxylation is 1. The first-order valence-corrected chi connectivity index (χ1v) is 12.0. The molecular formula is C25H34N2O5. The number of fused-ring (bicyclic) bond motifs is 4. The molecular weight excluding hydrogens is 408 g/mol. The third-order valence-electron chi connectivity index (χ3n) is 8.35. The Kier molecular flexibility index (Phi) is 5.25. The zero-order valence-corrected chi connectivity index (χ0v) is 18.9. The van der Waals surface area contributed by atoms with Gasteiger partial charge in [-0.05, 0) is 69.9 Å². The van der Waals surface area contributed by atoms with Gasteiger partial charge in [0.05, 0.1) is 17.7 Å². The zero-order chi connectivity index (χ0) is 22.7. The fraction of sp³-hybridized carbons (Fsp3) is 0.680. The first kappa shape index (κ1) is 21.7. The second-order valence-electron chi connectivity index (χ2n) is 10.8. The Bertz CT molecular complexity index is 917. The molecule has 6 rings (SSSR count). The summed E-state index contributed by atoms with van der Waals surface area (Å²) in [6, 6.07) is 5.60. The highest BCUT2D eigenvalue weighted by atomic mass is 16.5. The van der Waals surface area contributed by atoms with Crippen molar-refractivity contribution in [3.8, 4) is 5.75 Å². The molecule has 174 valence electrons. The van der Waals surface area contributed by atoms with Gasteiger partial charge in [-0.3, -0.25) is 9.59 Å². The summed E-state index contributed by atoms with van der Waals surface area (Å²) >= 11 is 0. The van der Waals surface area contributed by atoms with Gasteiger partial charge in [-0.25, -0.2) is 0 Å². The topological polar surface area (TPSA) is 108 Å². The van der Waals surface area contributed by atoms with Crippen molar-refractivity contribution in [2.24, 2.45) is 11.8 Å². The highest BCUT2D eigenvalue weighted by molar-refractivity contribution is 5.83. The molecule has 0 aromatic heterocycles. The Morgan fingerprint density at radius 2 is 1.75 bits per heavy atom. The summed E-state index contributed by atoms with van der Waals surface area (Å²) in [5.41, 5.74) is 0.695. The highest BCUT2D eigenvalue weighted by Crippen LogP contribution is 2.48. The molecule has 1 aromatic carbocycles. The molecule has 4 aliphatic carbocycles. The van der Waals surface area contributed by atoms with Gasteiger partial charge < -0.3 is 25.6 Å². The minimum absolute atomic E-state index is 0.0686. The summed E-state index contributed by atoms with van der Waals surface area (Å²) in [6.07, 6.45) is 3.01. The summed E-state index contributed by atoms with van der Waals surface area (Å²) in [4.78, 5) is 25.8. The maximum Gasteiger partial charge on any atom is 0.261 e. The molecule has 2 amide bonds. The van der Waals surface area contributed by atoms with E-state index in [2.05, 4.69) is 17.6 Å². The molecule has 4 N–H and O–H groups in total. The highest BCUT2D eigenvalue weighted by Gasteiger charge is 2.56. The molecule has 4 fully saturated rings. The van der Waals surface area contributed by atoms with Crippen molar-refractivity contribution in [3.05, 3.63) is 29.3 Å². The van der Waals surface area contributed by atoms with Crippen LogP contribution in [0.25, 0.3) is 0 Å². The van der Waals surface area contributed by atoms with Crippen LogP contribution in [0.2, 0.25) is 0 Å². The molecule has 5 aliphatic rings. The van der Waals surface area contributed by atoms with Crippen molar-refractivity contribution in [2.45, 2.75) is 94.6 Å². The number of hydrogen-bond donors (Lipinski definition) is 4. The van der Waals surface area contributed by atoms with Crippen molar-refractivity contribution in [2.75, 3.05) is 0 Å². The lowest BCUT2D eigenvalue weighted by molar-refractivity contribution is -0.143. The second-order valence-corrected chi connectivity index (χ2v) is 10.8. The summed E-state index contributed by atoms with van der Waals surface area (Å²) in [6.45, 7) is 4.11. The van der Waals surface area contributed by atoms with Gasteiger partial charge in [-0.1, -0.05) is 18.6 Å². The molecule has 7 heteroatoms. The van der Waals surface area contributed by atoms with Crippen LogP contribution in [0.4, 0.5) is 0 Å². The van der Waals surface area contributed by atoms with Crippen LogP contribution in [-0.4, -0.2) is 45.3 Å². The molecule has 0 radical (unpaired) electrons. The molecule has 0 spiro atoms. The second kappa shape index (κ2) is 7.73. The van der Waals surface area contributed by atoms with Gasteiger partial charge in [-0.15, -0.1) is 0 Å². The standard InChI is InChI=1S/C25H34N2O5/c1-14-3-4-19-17(11-14)18(28)12-20(32-19)23(31)26-24-5-7-25(8-6-24,21(29)13-24)27-22(30)16-9-15(2)10-16/h3-4,11,15-16,18,20-21,28-29H,5-10,12-13H2,1-2H3,(H,26,31)(H,27,30)/t15?,16?,18-,20-,21-,24?,25?/m0/s1. The number of benzene rings is 1. The van der Waals surface area contributed by atoms with E-state index < -0.39 is 29.4 Å². The predicted octanol–water partition coefficient (Wildman–Crippen LogP) is 2.27. The monoisotopic (exact) mass is 442 g/mol. The minimum atomic E-state index is -0.763. The lowest BCUT2D eigenvalue weighted by Gasteiger charge is -2.57. The van der Waals surface area contributed by atoms with Crippen molar-refractivity contribution in [1.82, 2.24) is 10.6 Å². The number of hydrogen-bond acceptors (Lipinski definition) is 5. The number of ether oxygens (including phenoxy) is 1. The van der Waals surface area contributed by atoms with Gasteiger partial charge in [-0.2, -0.15) is 0 Å². The van der Waals surface area contributed by atoms with E-state index >= 15 is 0 Å². The van der Waals surface area contributed by atoms with E-state index in [1.165, 1.54) is 0 Å². The third-order valence-corrected chi connectivity index (χ3v) is 8.35. The largest absolute Gasteiger partial charge is 0.480 e. The number of aliphatic hydroxyl groups excluding tert-OH is 2. The van der Waals surface area contributed by atoms with Gasteiger partial charge in [0, 0.05) is 23.4 Å². The summed E-state index contributed by atoms with van der Waals surface area (Å²) < 4.78 is 5.92. The fourth-order valence-corrected chi connectivity index (χ4v) is 6.19. The molecule has 1 aromatic rings. The number of aliphatic hydroxyl groups is 2. The van der Waals surface area contributed by atoms with E-state index in [4.69, 9.17) is 4.74 Å². The van der Waals surface area contributed by atoms with Crippen molar-refractivity contribution in [1.29, 1.82) is 0 Å². The van der Waals surface area contributed by atoms with E-state index in [1.807, 2.05) is 19.1 Å². The molecule has 32 heavy (non-hydrogen) atoms. The van der Waals surface area contributed by atoms with Crippen LogP contribution in [0.5, 0.6) is 5.75 Å². The first-order chi connectivity index (χ1) is 15.2. The molecule has 3 atom stereocenters. The number of rotatable bonds is 4. The minimum Gasteiger partial charge on any atom is -0.480 e. The maximum absolute atomic E-state index is 13.1. The Balaban J connectivity index is 1.22. The number of amides is 2. The van der Waals surface area contributed by atoms with Gasteiger partial charge in [0.1, 0.15) is 5.75 Å². The van der Waals surface area contributed by atoms with Crippen LogP contribution in [-0.2, 0) is 9.59 Å². The molecule has 1 heterocycles. The first-order valence-electron chi connectivity index (χ1n) is 12.0. The molecule has 2 bridgehead atoms. The van der Waals surface area contributed by atoms with Gasteiger partial charge in [0.2, 0.25) is 5.91 Å². The van der Waals surface area contributed by atoms with E-state index in [0.717, 1.165) is 24.0 Å². The normalized spacial score (nSPS) is 39.9. The number of carbonyl (C=O) groups is 2. The lowest BCUT2D eigenvalue weighted by atomic mass is 9.59. The van der Waals surface area contributed by atoms with Crippen molar-refractivity contribution in [3.63, 3.8) is 0 Å². The van der Waals surface area contributed by atoms with E-state index in [0.29, 0.717) is 43.8 Å². The van der Waals surface area contributed by atoms with Crippen LogP contribution < -0.4 is 15.4 Å². The Labute approximate surface area is 188 Å². The molecule has 7 nitrogen and oxygen atoms in total. The summed E-state index contributed by atoms with van der Waals surface area (Å²) in [7, 11) is 0. The Morgan fingerprint density at radius 1 is 1.03 bits per heavy atom. The summed E-state index contributed by atoms with van der Waals surface area (Å²) in [5, 5.41) is 27.9. The van der Waals surface area contributed by atoms with E-state index in [-0.39, 0.29) is 24.2 Å². The van der Waals surface area contributed by atoms with Crippen molar-refractivity contribution < 1.29 is 24.5 Å². The van der Waals surface area contributed by atoms with Crippen LogP contribution >= 0.6 is 0 Å². The Hall–Kier alpha value is -2.12. The third kappa shape index (κ3) is 3.69. The average molecular weight is 443 g/mol. The van der Waals surface area contributed by atoms with Crippen LogP contribution in [0.3, 0.4) is 0 Å². The maximum atomic E-state index is 13.1. The lowest BCUT2D eigenvalue weighted by Crippen LogP contribution is -2.71. The zero-order valence-electron chi connectivity index (χ0n) is 18.9. The van der Waals surface area contributed by atoms with Crippen LogP contribution in [0.1, 0.15) is 75.5 Å².